The second-order valence-corrected chi connectivity index (χ2v) is 7.26. The van der Waals surface area contributed by atoms with Gasteiger partial charge in [-0.3, -0.25) is 0 Å². The smallest absolute Gasteiger partial charge is 0.317 e. The van der Waals surface area contributed by atoms with Crippen molar-refractivity contribution in [2.75, 3.05) is 19.6 Å². The third-order valence-corrected chi connectivity index (χ3v) is 4.59. The fourth-order valence-electron chi connectivity index (χ4n) is 3.27. The number of nitrogens with one attached hydrogen (secondary N) is 1. The Hall–Kier alpha value is -2.57. The first-order valence-corrected chi connectivity index (χ1v) is 9.60. The lowest BCUT2D eigenvalue weighted by molar-refractivity contribution is 0.172. The van der Waals surface area contributed by atoms with E-state index >= 15 is 0 Å². The minimum absolute atomic E-state index is 0.0318. The van der Waals surface area contributed by atoms with E-state index < -0.39 is 0 Å². The van der Waals surface area contributed by atoms with Crippen LogP contribution in [0.2, 0.25) is 0 Å². The maximum Gasteiger partial charge on any atom is 0.317 e. The average molecular weight is 372 g/mol. The molecule has 7 heteroatoms. The Morgan fingerprint density at radius 3 is 2.81 bits per heavy atom. The van der Waals surface area contributed by atoms with Crippen molar-refractivity contribution in [1.29, 1.82) is 0 Å². The average Bonchev–Trinajstić information content (AvgIpc) is 3.09. The second-order valence-electron chi connectivity index (χ2n) is 7.26. The molecular weight excluding hydrogens is 344 g/mol. The van der Waals surface area contributed by atoms with Gasteiger partial charge in [0.15, 0.2) is 5.82 Å². The van der Waals surface area contributed by atoms with Crippen LogP contribution in [0.3, 0.4) is 0 Å². The lowest BCUT2D eigenvalue weighted by Gasteiger charge is -2.31. The molecule has 0 bridgehead atoms. The number of hydrogen-bond acceptors (Lipinski definition) is 5. The molecular formula is C20H28N4O3. The first-order valence-electron chi connectivity index (χ1n) is 9.60. The van der Waals surface area contributed by atoms with E-state index in [1.807, 2.05) is 49.9 Å². The van der Waals surface area contributed by atoms with Gasteiger partial charge in [-0.15, -0.1) is 0 Å². The Morgan fingerprint density at radius 2 is 2.15 bits per heavy atom. The molecule has 0 spiro atoms. The van der Waals surface area contributed by atoms with Gasteiger partial charge in [0, 0.05) is 19.6 Å². The van der Waals surface area contributed by atoms with Gasteiger partial charge in [0.2, 0.25) is 5.89 Å². The van der Waals surface area contributed by atoms with Crippen LogP contribution in [-0.4, -0.2) is 46.8 Å². The SMILES string of the molecule is Cc1noc([C@@H]2CCCN(C(=O)NCCc3ccc(OC(C)C)cc3)C2)n1. The van der Waals surface area contributed by atoms with Gasteiger partial charge < -0.3 is 19.5 Å². The van der Waals surface area contributed by atoms with Crippen molar-refractivity contribution in [3.05, 3.63) is 41.5 Å². The van der Waals surface area contributed by atoms with E-state index in [4.69, 9.17) is 9.26 Å². The van der Waals surface area contributed by atoms with Gasteiger partial charge in [-0.2, -0.15) is 4.98 Å². The number of urea groups is 1. The maximum absolute atomic E-state index is 12.5. The molecule has 1 fully saturated rings. The predicted molar refractivity (Wildman–Crippen MR) is 102 cm³/mol. The van der Waals surface area contributed by atoms with Crippen LogP contribution in [0, 0.1) is 6.92 Å². The van der Waals surface area contributed by atoms with Crippen molar-refractivity contribution in [1.82, 2.24) is 20.4 Å². The van der Waals surface area contributed by atoms with Gasteiger partial charge in [0.1, 0.15) is 5.75 Å². The second kappa shape index (κ2) is 8.88. The molecule has 27 heavy (non-hydrogen) atoms. The number of carbonyl (C=O) groups excluding carboxylic acids is 1. The molecule has 1 atom stereocenters. The van der Waals surface area contributed by atoms with Crippen LogP contribution in [0.15, 0.2) is 28.8 Å². The summed E-state index contributed by atoms with van der Waals surface area (Å²) in [5.74, 6) is 2.26. The standard InChI is InChI=1S/C20H28N4O3/c1-14(2)26-18-8-6-16(7-9-18)10-11-21-20(25)24-12-4-5-17(13-24)19-22-15(3)23-27-19/h6-9,14,17H,4-5,10-13H2,1-3H3,(H,21,25)/t17-/m1/s1. The Bertz CT molecular complexity index is 742. The van der Waals surface area contributed by atoms with Gasteiger partial charge in [-0.1, -0.05) is 17.3 Å². The number of likely N-dealkylation sites (tertiary alicyclic amines) is 1. The summed E-state index contributed by atoms with van der Waals surface area (Å²) in [6, 6.07) is 7.99. The number of aromatic nitrogens is 2. The van der Waals surface area contributed by atoms with E-state index in [2.05, 4.69) is 15.5 Å². The predicted octanol–water partition coefficient (Wildman–Crippen LogP) is 3.30. The monoisotopic (exact) mass is 372 g/mol. The zero-order valence-corrected chi connectivity index (χ0v) is 16.3. The number of benzene rings is 1. The van der Waals surface area contributed by atoms with Crippen molar-refractivity contribution in [2.45, 2.75) is 52.1 Å². The van der Waals surface area contributed by atoms with Crippen LogP contribution in [-0.2, 0) is 6.42 Å². The van der Waals surface area contributed by atoms with Gasteiger partial charge in [-0.25, -0.2) is 4.79 Å². The van der Waals surface area contributed by atoms with E-state index in [0.717, 1.165) is 31.6 Å². The van der Waals surface area contributed by atoms with E-state index in [0.29, 0.717) is 24.8 Å². The van der Waals surface area contributed by atoms with Gasteiger partial charge in [0.25, 0.3) is 0 Å². The highest BCUT2D eigenvalue weighted by atomic mass is 16.5. The lowest BCUT2D eigenvalue weighted by Crippen LogP contribution is -2.45. The topological polar surface area (TPSA) is 80.5 Å². The molecule has 1 aliphatic rings. The van der Waals surface area contributed by atoms with Gasteiger partial charge in [-0.05, 0) is 57.7 Å². The first-order chi connectivity index (χ1) is 13.0. The normalized spacial score (nSPS) is 17.2. The molecule has 146 valence electrons. The summed E-state index contributed by atoms with van der Waals surface area (Å²) in [4.78, 5) is 18.6. The van der Waals surface area contributed by atoms with E-state index in [1.54, 1.807) is 0 Å². The van der Waals surface area contributed by atoms with Crippen LogP contribution < -0.4 is 10.1 Å². The fraction of sp³-hybridized carbons (Fsp3) is 0.550. The van der Waals surface area contributed by atoms with Crippen molar-refractivity contribution < 1.29 is 14.1 Å². The largest absolute Gasteiger partial charge is 0.491 e. The third-order valence-electron chi connectivity index (χ3n) is 4.59. The quantitative estimate of drug-likeness (QED) is 0.841. The molecule has 1 aromatic heterocycles. The number of carbonyl (C=O) groups is 1. The van der Waals surface area contributed by atoms with E-state index in [9.17, 15) is 4.79 Å². The fourth-order valence-corrected chi connectivity index (χ4v) is 3.27. The molecule has 0 saturated carbocycles. The Kier molecular flexibility index (Phi) is 6.32. The summed E-state index contributed by atoms with van der Waals surface area (Å²) in [5, 5.41) is 6.87. The summed E-state index contributed by atoms with van der Waals surface area (Å²) < 4.78 is 10.9. The van der Waals surface area contributed by atoms with Crippen LogP contribution in [0.1, 0.15) is 49.9 Å². The molecule has 0 unspecified atom stereocenters. The molecule has 2 heterocycles. The molecule has 1 aliphatic heterocycles. The Morgan fingerprint density at radius 1 is 1.37 bits per heavy atom. The molecule has 1 N–H and O–H groups in total. The minimum atomic E-state index is -0.0318. The summed E-state index contributed by atoms with van der Waals surface area (Å²) in [6.45, 7) is 7.81. The molecule has 0 radical (unpaired) electrons. The molecule has 2 aromatic rings. The molecule has 0 aliphatic carbocycles. The number of ether oxygens (including phenoxy) is 1. The van der Waals surface area contributed by atoms with E-state index in [-0.39, 0.29) is 18.1 Å². The summed E-state index contributed by atoms with van der Waals surface area (Å²) in [7, 11) is 0. The summed E-state index contributed by atoms with van der Waals surface area (Å²) >= 11 is 0. The van der Waals surface area contributed by atoms with Gasteiger partial charge >= 0.3 is 6.03 Å². The van der Waals surface area contributed by atoms with Crippen LogP contribution in [0.5, 0.6) is 5.75 Å². The summed E-state index contributed by atoms with van der Waals surface area (Å²) in [6.07, 6.45) is 2.86. The summed E-state index contributed by atoms with van der Waals surface area (Å²) in [5.41, 5.74) is 1.17. The Labute approximate surface area is 160 Å². The highest BCUT2D eigenvalue weighted by molar-refractivity contribution is 5.74. The number of piperidine rings is 1. The number of aryl methyl sites for hydroxylation is 1. The highest BCUT2D eigenvalue weighted by Crippen LogP contribution is 2.25. The first kappa shape index (κ1) is 19.2. The lowest BCUT2D eigenvalue weighted by atomic mass is 9.98. The molecule has 1 saturated heterocycles. The molecule has 7 nitrogen and oxygen atoms in total. The van der Waals surface area contributed by atoms with Crippen LogP contribution in [0.25, 0.3) is 0 Å². The number of rotatable bonds is 6. The minimum Gasteiger partial charge on any atom is -0.491 e. The zero-order valence-electron chi connectivity index (χ0n) is 16.3. The van der Waals surface area contributed by atoms with Crippen molar-refractivity contribution >= 4 is 6.03 Å². The molecule has 2 amide bonds. The number of hydrogen-bond donors (Lipinski definition) is 1. The molecule has 3 rings (SSSR count). The van der Waals surface area contributed by atoms with Crippen LogP contribution in [0.4, 0.5) is 4.79 Å². The number of nitrogens with zero attached hydrogens (tertiary/aromatic N) is 3. The van der Waals surface area contributed by atoms with Crippen LogP contribution >= 0.6 is 0 Å². The van der Waals surface area contributed by atoms with Gasteiger partial charge in [0.05, 0.1) is 12.0 Å². The Balaban J connectivity index is 1.44. The molecule has 1 aromatic carbocycles. The van der Waals surface area contributed by atoms with Crippen molar-refractivity contribution in [3.8, 4) is 5.75 Å². The number of amides is 2. The van der Waals surface area contributed by atoms with Crippen molar-refractivity contribution in [3.63, 3.8) is 0 Å². The van der Waals surface area contributed by atoms with Crippen molar-refractivity contribution in [2.24, 2.45) is 0 Å². The van der Waals surface area contributed by atoms with E-state index in [1.165, 1.54) is 5.56 Å². The maximum atomic E-state index is 12.5. The zero-order chi connectivity index (χ0) is 19.2. The third kappa shape index (κ3) is 5.45. The highest BCUT2D eigenvalue weighted by Gasteiger charge is 2.28.